The molecule has 0 aliphatic heterocycles. The van der Waals surface area contributed by atoms with Crippen molar-refractivity contribution in [2.75, 3.05) is 20.1 Å². The van der Waals surface area contributed by atoms with Crippen molar-refractivity contribution in [3.63, 3.8) is 0 Å². The Labute approximate surface area is 98.4 Å². The summed E-state index contributed by atoms with van der Waals surface area (Å²) in [5.74, 6) is 0.659. The summed E-state index contributed by atoms with van der Waals surface area (Å²) in [4.78, 5) is 14.1. The van der Waals surface area contributed by atoms with Crippen LogP contribution in [0.5, 0.6) is 0 Å². The minimum atomic E-state index is 0.277. The molecule has 0 aromatic rings. The highest BCUT2D eigenvalue weighted by molar-refractivity contribution is 5.78. The number of hydrogen-bond donors (Lipinski definition) is 1. The smallest absolute Gasteiger partial charge is 0.225 e. The lowest BCUT2D eigenvalue weighted by Crippen LogP contribution is -2.39. The number of carbonyl (C=O) groups is 1. The summed E-state index contributed by atoms with van der Waals surface area (Å²) >= 11 is 0. The van der Waals surface area contributed by atoms with Gasteiger partial charge < -0.3 is 10.6 Å². The number of nitrogens with zero attached hydrogens (tertiary/aromatic N) is 1. The van der Waals surface area contributed by atoms with Gasteiger partial charge in [0.2, 0.25) is 5.91 Å². The van der Waals surface area contributed by atoms with Gasteiger partial charge in [0.25, 0.3) is 0 Å². The van der Waals surface area contributed by atoms with Crippen LogP contribution in [0.4, 0.5) is 0 Å². The third-order valence-corrected chi connectivity index (χ3v) is 4.29. The molecule has 0 aromatic carbocycles. The molecule has 0 aromatic heterocycles. The fraction of sp³-hybridized carbons (Fsp3) is 0.923. The van der Waals surface area contributed by atoms with E-state index in [-0.39, 0.29) is 5.41 Å². The largest absolute Gasteiger partial charge is 0.345 e. The van der Waals surface area contributed by atoms with E-state index in [2.05, 4.69) is 0 Å². The van der Waals surface area contributed by atoms with Gasteiger partial charge in [-0.05, 0) is 32.2 Å². The maximum atomic E-state index is 12.2. The van der Waals surface area contributed by atoms with Crippen molar-refractivity contribution in [3.05, 3.63) is 0 Å². The minimum absolute atomic E-state index is 0.277. The standard InChI is InChI=1S/C13H24N2O/c1-15(10-13(9-14)7-8-13)12(16)11-5-3-2-4-6-11/h11H,2-10,14H2,1H3. The van der Waals surface area contributed by atoms with Gasteiger partial charge in [0, 0.05) is 24.9 Å². The highest BCUT2D eigenvalue weighted by atomic mass is 16.2. The highest BCUT2D eigenvalue weighted by Crippen LogP contribution is 2.45. The molecule has 1 amide bonds. The van der Waals surface area contributed by atoms with Gasteiger partial charge >= 0.3 is 0 Å². The van der Waals surface area contributed by atoms with Gasteiger partial charge in [-0.1, -0.05) is 19.3 Å². The summed E-state index contributed by atoms with van der Waals surface area (Å²) in [5, 5.41) is 0. The number of amides is 1. The van der Waals surface area contributed by atoms with Crippen LogP contribution in [0.3, 0.4) is 0 Å². The first kappa shape index (κ1) is 11.9. The van der Waals surface area contributed by atoms with Crippen LogP contribution in [-0.4, -0.2) is 30.9 Å². The van der Waals surface area contributed by atoms with Crippen molar-refractivity contribution in [2.24, 2.45) is 17.1 Å². The molecule has 2 saturated carbocycles. The van der Waals surface area contributed by atoms with Crippen molar-refractivity contribution < 1.29 is 4.79 Å². The fourth-order valence-corrected chi connectivity index (χ4v) is 2.85. The predicted molar refractivity (Wildman–Crippen MR) is 64.9 cm³/mol. The Kier molecular flexibility index (Phi) is 3.53. The molecule has 0 atom stereocenters. The van der Waals surface area contributed by atoms with E-state index in [9.17, 15) is 4.79 Å². The van der Waals surface area contributed by atoms with Crippen LogP contribution in [0, 0.1) is 11.3 Å². The average molecular weight is 224 g/mol. The average Bonchev–Trinajstić information content (AvgIpc) is 3.09. The summed E-state index contributed by atoms with van der Waals surface area (Å²) in [6, 6.07) is 0. The molecule has 2 fully saturated rings. The first-order chi connectivity index (χ1) is 7.67. The molecule has 0 saturated heterocycles. The third kappa shape index (κ3) is 2.57. The van der Waals surface area contributed by atoms with Crippen LogP contribution < -0.4 is 5.73 Å². The Balaban J connectivity index is 1.83. The van der Waals surface area contributed by atoms with Crippen LogP contribution in [0.15, 0.2) is 0 Å². The second-order valence-electron chi connectivity index (χ2n) is 5.73. The van der Waals surface area contributed by atoms with Gasteiger partial charge in [0.1, 0.15) is 0 Å². The molecular weight excluding hydrogens is 200 g/mol. The zero-order valence-corrected chi connectivity index (χ0v) is 10.4. The molecule has 2 aliphatic carbocycles. The maximum Gasteiger partial charge on any atom is 0.225 e. The Morgan fingerprint density at radius 3 is 2.44 bits per heavy atom. The van der Waals surface area contributed by atoms with E-state index < -0.39 is 0 Å². The van der Waals surface area contributed by atoms with Crippen molar-refractivity contribution in [1.29, 1.82) is 0 Å². The summed E-state index contributed by atoms with van der Waals surface area (Å²) in [5.41, 5.74) is 6.03. The lowest BCUT2D eigenvalue weighted by Gasteiger charge is -2.29. The molecule has 0 spiro atoms. The lowest BCUT2D eigenvalue weighted by atomic mass is 9.88. The van der Waals surface area contributed by atoms with E-state index in [1.807, 2.05) is 11.9 Å². The molecule has 0 unspecified atom stereocenters. The first-order valence-electron chi connectivity index (χ1n) is 6.62. The molecule has 0 bridgehead atoms. The molecule has 16 heavy (non-hydrogen) atoms. The first-order valence-corrected chi connectivity index (χ1v) is 6.62. The molecule has 92 valence electrons. The van der Waals surface area contributed by atoms with E-state index in [0.717, 1.165) is 25.9 Å². The van der Waals surface area contributed by atoms with Crippen molar-refractivity contribution >= 4 is 5.91 Å². The number of nitrogens with two attached hydrogens (primary N) is 1. The lowest BCUT2D eigenvalue weighted by molar-refractivity contribution is -0.135. The molecule has 0 heterocycles. The van der Waals surface area contributed by atoms with E-state index in [0.29, 0.717) is 11.8 Å². The Morgan fingerprint density at radius 1 is 1.31 bits per heavy atom. The summed E-state index contributed by atoms with van der Waals surface area (Å²) in [7, 11) is 1.95. The summed E-state index contributed by atoms with van der Waals surface area (Å²) in [6.45, 7) is 1.61. The monoisotopic (exact) mass is 224 g/mol. The molecule has 2 rings (SSSR count). The topological polar surface area (TPSA) is 46.3 Å². The zero-order valence-electron chi connectivity index (χ0n) is 10.4. The van der Waals surface area contributed by atoms with Crippen LogP contribution in [-0.2, 0) is 4.79 Å². The highest BCUT2D eigenvalue weighted by Gasteiger charge is 2.43. The van der Waals surface area contributed by atoms with Gasteiger partial charge in [-0.15, -0.1) is 0 Å². The van der Waals surface area contributed by atoms with Crippen LogP contribution in [0.1, 0.15) is 44.9 Å². The maximum absolute atomic E-state index is 12.2. The summed E-state index contributed by atoms with van der Waals surface area (Å²) < 4.78 is 0. The molecule has 3 nitrogen and oxygen atoms in total. The van der Waals surface area contributed by atoms with Crippen molar-refractivity contribution in [3.8, 4) is 0 Å². The van der Waals surface area contributed by atoms with Crippen molar-refractivity contribution in [2.45, 2.75) is 44.9 Å². The number of carbonyl (C=O) groups excluding carboxylic acids is 1. The van der Waals surface area contributed by atoms with E-state index in [1.54, 1.807) is 0 Å². The molecule has 0 radical (unpaired) electrons. The van der Waals surface area contributed by atoms with E-state index in [4.69, 9.17) is 5.73 Å². The Hall–Kier alpha value is -0.570. The molecular formula is C13H24N2O. The fourth-order valence-electron chi connectivity index (χ4n) is 2.85. The Morgan fingerprint density at radius 2 is 1.94 bits per heavy atom. The third-order valence-electron chi connectivity index (χ3n) is 4.29. The quantitative estimate of drug-likeness (QED) is 0.791. The second-order valence-corrected chi connectivity index (χ2v) is 5.73. The van der Waals surface area contributed by atoms with Crippen molar-refractivity contribution in [1.82, 2.24) is 4.90 Å². The minimum Gasteiger partial charge on any atom is -0.345 e. The van der Waals surface area contributed by atoms with Crippen LogP contribution in [0.2, 0.25) is 0 Å². The normalized spacial score (nSPS) is 24.1. The molecule has 3 heteroatoms. The van der Waals surface area contributed by atoms with Gasteiger partial charge in [-0.2, -0.15) is 0 Å². The van der Waals surface area contributed by atoms with Gasteiger partial charge in [-0.3, -0.25) is 4.79 Å². The van der Waals surface area contributed by atoms with Gasteiger partial charge in [-0.25, -0.2) is 0 Å². The zero-order chi connectivity index (χ0) is 11.6. The predicted octanol–water partition coefficient (Wildman–Crippen LogP) is 1.76. The SMILES string of the molecule is CN(CC1(CN)CC1)C(=O)C1CCCCC1. The van der Waals surface area contributed by atoms with Crippen LogP contribution >= 0.6 is 0 Å². The Bertz CT molecular complexity index is 255. The second kappa shape index (κ2) is 4.74. The number of rotatable bonds is 4. The molecule has 2 aliphatic rings. The van der Waals surface area contributed by atoms with Crippen LogP contribution in [0.25, 0.3) is 0 Å². The van der Waals surface area contributed by atoms with E-state index >= 15 is 0 Å². The summed E-state index contributed by atoms with van der Waals surface area (Å²) in [6.07, 6.45) is 8.36. The van der Waals surface area contributed by atoms with Gasteiger partial charge in [0.15, 0.2) is 0 Å². The molecule has 2 N–H and O–H groups in total. The van der Waals surface area contributed by atoms with Gasteiger partial charge in [0.05, 0.1) is 0 Å². The van der Waals surface area contributed by atoms with E-state index in [1.165, 1.54) is 32.1 Å². The number of hydrogen-bond acceptors (Lipinski definition) is 2.